The number of nitrogens with one attached hydrogen (secondary N) is 1. The fourth-order valence-electron chi connectivity index (χ4n) is 2.14. The fraction of sp³-hybridized carbons (Fsp3) is 0.933. The van der Waals surface area contributed by atoms with Gasteiger partial charge in [0.1, 0.15) is 6.04 Å². The van der Waals surface area contributed by atoms with Crippen LogP contribution in [0.5, 0.6) is 0 Å². The summed E-state index contributed by atoms with van der Waals surface area (Å²) >= 11 is 0. The summed E-state index contributed by atoms with van der Waals surface area (Å²) in [4.78, 5) is 10.9. The van der Waals surface area contributed by atoms with E-state index in [1.807, 2.05) is 6.92 Å². The van der Waals surface area contributed by atoms with Gasteiger partial charge in [-0.3, -0.25) is 4.79 Å². The second-order valence-corrected chi connectivity index (χ2v) is 5.11. The summed E-state index contributed by atoms with van der Waals surface area (Å²) in [5.41, 5.74) is 0. The van der Waals surface area contributed by atoms with Crippen LogP contribution in [0.3, 0.4) is 0 Å². The topological polar surface area (TPSA) is 49.3 Å². The molecule has 3 nitrogen and oxygen atoms in total. The first-order valence-electron chi connectivity index (χ1n) is 7.68. The summed E-state index contributed by atoms with van der Waals surface area (Å²) in [6, 6.07) is -0.348. The van der Waals surface area contributed by atoms with Gasteiger partial charge in [-0.2, -0.15) is 0 Å². The van der Waals surface area contributed by atoms with Crippen molar-refractivity contribution in [1.82, 2.24) is 5.32 Å². The van der Waals surface area contributed by atoms with Crippen LogP contribution in [0.2, 0.25) is 0 Å². The lowest BCUT2D eigenvalue weighted by Gasteiger charge is -2.13. The Morgan fingerprint density at radius 1 is 0.944 bits per heavy atom. The van der Waals surface area contributed by atoms with Gasteiger partial charge in [0.15, 0.2) is 0 Å². The van der Waals surface area contributed by atoms with Gasteiger partial charge in [0.05, 0.1) is 0 Å². The third kappa shape index (κ3) is 10.6. The zero-order valence-electron chi connectivity index (χ0n) is 12.2. The molecule has 0 aromatic carbocycles. The van der Waals surface area contributed by atoms with Crippen molar-refractivity contribution in [2.24, 2.45) is 0 Å². The minimum absolute atomic E-state index is 0.348. The quantitative estimate of drug-likeness (QED) is 0.491. The highest BCUT2D eigenvalue weighted by Crippen LogP contribution is 2.08. The highest BCUT2D eigenvalue weighted by Gasteiger charge is 2.14. The van der Waals surface area contributed by atoms with Gasteiger partial charge in [0, 0.05) is 0 Å². The number of hydrogen-bond donors (Lipinski definition) is 2. The number of carboxylic acid groups (broad SMARTS) is 1. The summed E-state index contributed by atoms with van der Waals surface area (Å²) < 4.78 is 0. The van der Waals surface area contributed by atoms with Gasteiger partial charge in [-0.05, 0) is 19.4 Å². The molecule has 0 amide bonds. The number of unbranched alkanes of at least 4 members (excludes halogenated alkanes) is 7. The van der Waals surface area contributed by atoms with Crippen LogP contribution in [0.4, 0.5) is 0 Å². The van der Waals surface area contributed by atoms with Crippen molar-refractivity contribution in [2.45, 2.75) is 84.1 Å². The van der Waals surface area contributed by atoms with E-state index in [4.69, 9.17) is 5.11 Å². The van der Waals surface area contributed by atoms with Gasteiger partial charge in [0.2, 0.25) is 0 Å². The number of carboxylic acids is 1. The molecular formula is C15H31NO2. The predicted octanol–water partition coefficient (Wildman–Crippen LogP) is 3.97. The molecule has 0 saturated heterocycles. The number of rotatable bonds is 13. The van der Waals surface area contributed by atoms with Crippen LogP contribution in [0.1, 0.15) is 78.1 Å². The van der Waals surface area contributed by atoms with Crippen LogP contribution in [-0.2, 0) is 4.79 Å². The van der Waals surface area contributed by atoms with E-state index in [0.717, 1.165) is 25.8 Å². The van der Waals surface area contributed by atoms with Gasteiger partial charge in [-0.15, -0.1) is 0 Å². The first-order valence-corrected chi connectivity index (χ1v) is 7.68. The van der Waals surface area contributed by atoms with Gasteiger partial charge in [-0.25, -0.2) is 0 Å². The zero-order valence-corrected chi connectivity index (χ0v) is 12.2. The average molecular weight is 257 g/mol. The van der Waals surface area contributed by atoms with Crippen molar-refractivity contribution in [1.29, 1.82) is 0 Å². The Morgan fingerprint density at radius 2 is 1.50 bits per heavy atom. The van der Waals surface area contributed by atoms with E-state index in [1.165, 1.54) is 44.9 Å². The first kappa shape index (κ1) is 17.4. The Bertz CT molecular complexity index is 195. The Hall–Kier alpha value is -0.570. The third-order valence-corrected chi connectivity index (χ3v) is 3.30. The molecule has 0 aliphatic carbocycles. The summed E-state index contributed by atoms with van der Waals surface area (Å²) in [6.45, 7) is 5.10. The molecule has 0 fully saturated rings. The maximum Gasteiger partial charge on any atom is 0.320 e. The molecule has 108 valence electrons. The van der Waals surface area contributed by atoms with Crippen molar-refractivity contribution in [3.63, 3.8) is 0 Å². The largest absolute Gasteiger partial charge is 0.480 e. The molecule has 0 aromatic rings. The lowest BCUT2D eigenvalue weighted by atomic mass is 10.1. The minimum Gasteiger partial charge on any atom is -0.480 e. The van der Waals surface area contributed by atoms with E-state index in [1.54, 1.807) is 0 Å². The van der Waals surface area contributed by atoms with Crippen LogP contribution in [0.15, 0.2) is 0 Å². The smallest absolute Gasteiger partial charge is 0.320 e. The van der Waals surface area contributed by atoms with E-state index in [-0.39, 0.29) is 6.04 Å². The fourth-order valence-corrected chi connectivity index (χ4v) is 2.14. The Labute approximate surface area is 112 Å². The van der Waals surface area contributed by atoms with Gasteiger partial charge in [0.25, 0.3) is 0 Å². The maximum atomic E-state index is 10.9. The Balaban J connectivity index is 3.30. The van der Waals surface area contributed by atoms with E-state index in [9.17, 15) is 4.79 Å². The Kier molecular flexibility index (Phi) is 12.5. The molecule has 0 saturated carbocycles. The molecule has 0 bridgehead atoms. The molecule has 18 heavy (non-hydrogen) atoms. The van der Waals surface area contributed by atoms with Crippen LogP contribution < -0.4 is 5.32 Å². The first-order chi connectivity index (χ1) is 8.72. The second-order valence-electron chi connectivity index (χ2n) is 5.11. The van der Waals surface area contributed by atoms with Gasteiger partial charge < -0.3 is 10.4 Å². The third-order valence-electron chi connectivity index (χ3n) is 3.30. The summed E-state index contributed by atoms with van der Waals surface area (Å²) in [7, 11) is 0. The number of aliphatic carboxylic acids is 1. The minimum atomic E-state index is -0.712. The average Bonchev–Trinajstić information content (AvgIpc) is 2.35. The zero-order chi connectivity index (χ0) is 13.6. The van der Waals surface area contributed by atoms with Crippen LogP contribution in [-0.4, -0.2) is 23.7 Å². The lowest BCUT2D eigenvalue weighted by molar-refractivity contribution is -0.139. The van der Waals surface area contributed by atoms with Gasteiger partial charge in [-0.1, -0.05) is 65.2 Å². The SMILES string of the molecule is CCCCCCCCCCNC(CCC)C(=O)O. The summed E-state index contributed by atoms with van der Waals surface area (Å²) in [5.74, 6) is -0.712. The molecule has 2 N–H and O–H groups in total. The number of hydrogen-bond acceptors (Lipinski definition) is 2. The standard InChI is InChI=1S/C15H31NO2/c1-3-5-6-7-8-9-10-11-13-16-14(12-4-2)15(17)18/h14,16H,3-13H2,1-2H3,(H,17,18). The van der Waals surface area contributed by atoms with Crippen molar-refractivity contribution < 1.29 is 9.90 Å². The maximum absolute atomic E-state index is 10.9. The Morgan fingerprint density at radius 3 is 2.00 bits per heavy atom. The van der Waals surface area contributed by atoms with Gasteiger partial charge >= 0.3 is 5.97 Å². The summed E-state index contributed by atoms with van der Waals surface area (Å²) in [5, 5.41) is 12.1. The monoisotopic (exact) mass is 257 g/mol. The van der Waals surface area contributed by atoms with Crippen LogP contribution in [0.25, 0.3) is 0 Å². The molecule has 0 rings (SSSR count). The van der Waals surface area contributed by atoms with Crippen LogP contribution >= 0.6 is 0 Å². The second kappa shape index (κ2) is 12.9. The molecule has 0 spiro atoms. The molecule has 1 unspecified atom stereocenters. The van der Waals surface area contributed by atoms with E-state index in [0.29, 0.717) is 0 Å². The van der Waals surface area contributed by atoms with Crippen LogP contribution in [0, 0.1) is 0 Å². The highest BCUT2D eigenvalue weighted by molar-refractivity contribution is 5.73. The van der Waals surface area contributed by atoms with E-state index >= 15 is 0 Å². The lowest BCUT2D eigenvalue weighted by Crippen LogP contribution is -2.37. The number of carbonyl (C=O) groups is 1. The van der Waals surface area contributed by atoms with Crippen molar-refractivity contribution in [2.75, 3.05) is 6.54 Å². The van der Waals surface area contributed by atoms with E-state index in [2.05, 4.69) is 12.2 Å². The molecule has 0 aliphatic heterocycles. The molecule has 3 heteroatoms. The highest BCUT2D eigenvalue weighted by atomic mass is 16.4. The predicted molar refractivity (Wildman–Crippen MR) is 76.9 cm³/mol. The molecule has 0 heterocycles. The van der Waals surface area contributed by atoms with Crippen molar-refractivity contribution in [3.8, 4) is 0 Å². The molecular weight excluding hydrogens is 226 g/mol. The van der Waals surface area contributed by atoms with E-state index < -0.39 is 5.97 Å². The molecule has 0 aromatic heterocycles. The molecule has 0 aliphatic rings. The van der Waals surface area contributed by atoms with Crippen molar-refractivity contribution in [3.05, 3.63) is 0 Å². The molecule has 0 radical (unpaired) electrons. The summed E-state index contributed by atoms with van der Waals surface area (Å²) in [6.07, 6.45) is 12.0. The normalized spacial score (nSPS) is 12.6. The molecule has 1 atom stereocenters. The van der Waals surface area contributed by atoms with Crippen molar-refractivity contribution >= 4 is 5.97 Å².